The highest BCUT2D eigenvalue weighted by molar-refractivity contribution is 9.10. The number of piperazine rings is 1. The van der Waals surface area contributed by atoms with E-state index in [1.807, 2.05) is 53.4 Å². The topological polar surface area (TPSA) is 74.2 Å². The van der Waals surface area contributed by atoms with Gasteiger partial charge in [-0.2, -0.15) is 0 Å². The molecule has 0 saturated carbocycles. The van der Waals surface area contributed by atoms with Gasteiger partial charge < -0.3 is 15.1 Å². The van der Waals surface area contributed by atoms with Gasteiger partial charge in [0.05, 0.1) is 5.56 Å². The smallest absolute Gasteiger partial charge is 0.255 e. The number of aromatic nitrogens is 3. The number of nitrogens with zero attached hydrogens (tertiary/aromatic N) is 5. The molecule has 1 amide bonds. The van der Waals surface area contributed by atoms with Crippen molar-refractivity contribution in [3.63, 3.8) is 0 Å². The van der Waals surface area contributed by atoms with Crippen LogP contribution in [0.2, 0.25) is 0 Å². The number of anilines is 3. The number of carbonyl (C=O) groups excluding carboxylic acids is 1. The summed E-state index contributed by atoms with van der Waals surface area (Å²) in [6.45, 7) is 2.73. The summed E-state index contributed by atoms with van der Waals surface area (Å²) >= 11 is 3.46. The van der Waals surface area contributed by atoms with Gasteiger partial charge in [-0.1, -0.05) is 18.2 Å². The largest absolute Gasteiger partial charge is 0.353 e. The summed E-state index contributed by atoms with van der Waals surface area (Å²) in [5.74, 6) is 2.31. The van der Waals surface area contributed by atoms with Crippen molar-refractivity contribution in [1.82, 2.24) is 19.9 Å². The van der Waals surface area contributed by atoms with Crippen LogP contribution in [0.3, 0.4) is 0 Å². The molecule has 28 heavy (non-hydrogen) atoms. The lowest BCUT2D eigenvalue weighted by atomic mass is 10.2. The Hall–Kier alpha value is -3.00. The molecule has 3 heterocycles. The second-order valence-electron chi connectivity index (χ2n) is 6.36. The summed E-state index contributed by atoms with van der Waals surface area (Å²) in [7, 11) is 0. The number of benzene rings is 1. The van der Waals surface area contributed by atoms with Gasteiger partial charge in [0, 0.05) is 42.9 Å². The molecule has 1 aromatic carbocycles. The summed E-state index contributed by atoms with van der Waals surface area (Å²) in [5.41, 5.74) is 0.694. The molecule has 0 bridgehead atoms. The number of nitrogens with one attached hydrogen (secondary N) is 1. The Kier molecular flexibility index (Phi) is 5.48. The van der Waals surface area contributed by atoms with Gasteiger partial charge in [-0.3, -0.25) is 4.79 Å². The first-order chi connectivity index (χ1) is 13.7. The third kappa shape index (κ3) is 4.12. The first kappa shape index (κ1) is 18.4. The lowest BCUT2D eigenvalue weighted by molar-refractivity contribution is 0.0745. The molecular weight excluding hydrogens is 420 g/mol. The Morgan fingerprint density at radius 3 is 2.46 bits per heavy atom. The summed E-state index contributed by atoms with van der Waals surface area (Å²) in [6, 6.07) is 15.1. The molecular formula is C20H19BrN6O. The number of hydrogen-bond donors (Lipinski definition) is 1. The molecule has 1 aliphatic rings. The molecule has 3 aromatic rings. The van der Waals surface area contributed by atoms with Crippen LogP contribution in [-0.4, -0.2) is 51.9 Å². The van der Waals surface area contributed by atoms with Gasteiger partial charge in [0.25, 0.3) is 5.91 Å². The van der Waals surface area contributed by atoms with Crippen molar-refractivity contribution in [3.8, 4) is 0 Å². The average Bonchev–Trinajstić information content (AvgIpc) is 2.75. The van der Waals surface area contributed by atoms with Gasteiger partial charge >= 0.3 is 0 Å². The predicted molar refractivity (Wildman–Crippen MR) is 112 cm³/mol. The molecule has 2 aromatic heterocycles. The van der Waals surface area contributed by atoms with Gasteiger partial charge in [0.2, 0.25) is 0 Å². The van der Waals surface area contributed by atoms with Crippen molar-refractivity contribution in [2.24, 2.45) is 0 Å². The van der Waals surface area contributed by atoms with Crippen molar-refractivity contribution >= 4 is 39.3 Å². The molecule has 0 aliphatic carbocycles. The van der Waals surface area contributed by atoms with E-state index >= 15 is 0 Å². The zero-order chi connectivity index (χ0) is 19.3. The lowest BCUT2D eigenvalue weighted by Gasteiger charge is -2.35. The van der Waals surface area contributed by atoms with E-state index in [-0.39, 0.29) is 5.91 Å². The van der Waals surface area contributed by atoms with Crippen molar-refractivity contribution in [2.45, 2.75) is 0 Å². The van der Waals surface area contributed by atoms with Crippen LogP contribution in [0.1, 0.15) is 10.4 Å². The lowest BCUT2D eigenvalue weighted by Crippen LogP contribution is -2.49. The molecule has 1 N–H and O–H groups in total. The number of hydrogen-bond acceptors (Lipinski definition) is 6. The molecule has 4 rings (SSSR count). The van der Waals surface area contributed by atoms with Crippen molar-refractivity contribution in [1.29, 1.82) is 0 Å². The molecule has 0 atom stereocenters. The van der Waals surface area contributed by atoms with Crippen molar-refractivity contribution < 1.29 is 4.79 Å². The minimum absolute atomic E-state index is 0.0484. The van der Waals surface area contributed by atoms with E-state index in [0.29, 0.717) is 24.5 Å². The summed E-state index contributed by atoms with van der Waals surface area (Å²) in [4.78, 5) is 29.7. The fourth-order valence-electron chi connectivity index (χ4n) is 3.10. The van der Waals surface area contributed by atoms with Crippen LogP contribution in [0.15, 0.2) is 65.5 Å². The van der Waals surface area contributed by atoms with Crippen LogP contribution in [0.4, 0.5) is 17.5 Å². The van der Waals surface area contributed by atoms with Crippen LogP contribution in [0.5, 0.6) is 0 Å². The Morgan fingerprint density at radius 1 is 0.929 bits per heavy atom. The average molecular weight is 439 g/mol. The minimum Gasteiger partial charge on any atom is -0.353 e. The monoisotopic (exact) mass is 438 g/mol. The summed E-state index contributed by atoms with van der Waals surface area (Å²) in [6.07, 6.45) is 3.27. The van der Waals surface area contributed by atoms with Crippen molar-refractivity contribution in [2.75, 3.05) is 36.4 Å². The Labute approximate surface area is 171 Å². The summed E-state index contributed by atoms with van der Waals surface area (Å²) < 4.78 is 0.823. The first-order valence-electron chi connectivity index (χ1n) is 8.99. The molecule has 0 unspecified atom stereocenters. The molecule has 1 fully saturated rings. The van der Waals surface area contributed by atoms with Gasteiger partial charge in [-0.25, -0.2) is 15.0 Å². The van der Waals surface area contributed by atoms with E-state index in [9.17, 15) is 4.79 Å². The van der Waals surface area contributed by atoms with E-state index in [0.717, 1.165) is 29.2 Å². The van der Waals surface area contributed by atoms with E-state index < -0.39 is 0 Å². The zero-order valence-electron chi connectivity index (χ0n) is 15.1. The van der Waals surface area contributed by atoms with Crippen molar-refractivity contribution in [3.05, 3.63) is 71.1 Å². The van der Waals surface area contributed by atoms with Crippen LogP contribution in [0, 0.1) is 0 Å². The SMILES string of the molecule is O=C(c1ccccc1Br)N1CCN(c2cc(Nc3ccccn3)ncn2)CC1. The fraction of sp³-hybridized carbons (Fsp3) is 0.200. The highest BCUT2D eigenvalue weighted by Crippen LogP contribution is 2.21. The first-order valence-corrected chi connectivity index (χ1v) is 9.79. The number of pyridine rings is 1. The molecule has 7 nitrogen and oxygen atoms in total. The van der Waals surface area contributed by atoms with E-state index in [1.165, 1.54) is 0 Å². The molecule has 142 valence electrons. The van der Waals surface area contributed by atoms with E-state index in [4.69, 9.17) is 0 Å². The fourth-order valence-corrected chi connectivity index (χ4v) is 3.55. The number of carbonyl (C=O) groups is 1. The van der Waals surface area contributed by atoms with Gasteiger partial charge in [0.15, 0.2) is 0 Å². The number of halogens is 1. The maximum Gasteiger partial charge on any atom is 0.255 e. The normalized spacial score (nSPS) is 14.0. The van der Waals surface area contributed by atoms with Gasteiger partial charge in [-0.05, 0) is 40.2 Å². The second kappa shape index (κ2) is 8.35. The zero-order valence-corrected chi connectivity index (χ0v) is 16.7. The van der Waals surface area contributed by atoms with Crippen LogP contribution < -0.4 is 10.2 Å². The molecule has 0 radical (unpaired) electrons. The Bertz CT molecular complexity index is 960. The third-order valence-corrected chi connectivity index (χ3v) is 5.26. The summed E-state index contributed by atoms with van der Waals surface area (Å²) in [5, 5.41) is 3.18. The highest BCUT2D eigenvalue weighted by atomic mass is 79.9. The molecule has 0 spiro atoms. The Balaban J connectivity index is 1.41. The van der Waals surface area contributed by atoms with Crippen LogP contribution in [-0.2, 0) is 0 Å². The Morgan fingerprint density at radius 2 is 1.71 bits per heavy atom. The van der Waals surface area contributed by atoms with E-state index in [1.54, 1.807) is 12.5 Å². The quantitative estimate of drug-likeness (QED) is 0.673. The van der Waals surface area contributed by atoms with Crippen LogP contribution in [0.25, 0.3) is 0 Å². The third-order valence-electron chi connectivity index (χ3n) is 4.57. The highest BCUT2D eigenvalue weighted by Gasteiger charge is 2.24. The molecule has 8 heteroatoms. The number of amides is 1. The second-order valence-corrected chi connectivity index (χ2v) is 7.21. The van der Waals surface area contributed by atoms with Crippen LogP contribution >= 0.6 is 15.9 Å². The van der Waals surface area contributed by atoms with Gasteiger partial charge in [0.1, 0.15) is 23.8 Å². The van der Waals surface area contributed by atoms with Gasteiger partial charge in [-0.15, -0.1) is 0 Å². The molecule has 1 aliphatic heterocycles. The number of rotatable bonds is 4. The standard InChI is InChI=1S/C20H19BrN6O/c21-16-6-2-1-5-15(16)20(28)27-11-9-26(10-12-27)19-13-18(23-14-24-19)25-17-7-3-4-8-22-17/h1-8,13-14H,9-12H2,(H,22,23,24,25). The minimum atomic E-state index is 0.0484. The maximum absolute atomic E-state index is 12.8. The van der Waals surface area contributed by atoms with E-state index in [2.05, 4.69) is 41.1 Å². The maximum atomic E-state index is 12.8. The predicted octanol–water partition coefficient (Wildman–Crippen LogP) is 3.34. The molecule has 1 saturated heterocycles.